The number of hydrogen-bond donors (Lipinski definition) is 2. The van der Waals surface area contributed by atoms with Gasteiger partial charge in [-0.1, -0.05) is 12.1 Å². The predicted octanol–water partition coefficient (Wildman–Crippen LogP) is -0.00630. The molecule has 7 nitrogen and oxygen atoms in total. The molecule has 136 valence electrons. The van der Waals surface area contributed by atoms with Crippen LogP contribution in [0.25, 0.3) is 0 Å². The zero-order valence-corrected chi connectivity index (χ0v) is 14.5. The van der Waals surface area contributed by atoms with Crippen LogP contribution < -0.4 is 10.6 Å². The second-order valence-corrected chi connectivity index (χ2v) is 7.77. The Labute approximate surface area is 151 Å². The van der Waals surface area contributed by atoms with Crippen molar-refractivity contribution in [1.82, 2.24) is 20.4 Å². The summed E-state index contributed by atoms with van der Waals surface area (Å²) in [5.74, 6) is -0.707. The molecule has 4 aliphatic heterocycles. The summed E-state index contributed by atoms with van der Waals surface area (Å²) in [5.41, 5.74) is 2.92. The van der Waals surface area contributed by atoms with Gasteiger partial charge in [0.25, 0.3) is 5.91 Å². The molecule has 2 N–H and O–H groups in total. The molecule has 7 heteroatoms. The molecule has 4 aliphatic rings. The standard InChI is InChI=1S/C19H22N4O3/c24-17-5-4-16(18(25)21-17)23-10-15-11(2-1-3-14(15)19(23)26)8-22-9-12-6-13(22)7-20-12/h1-3,12-13,16,20H,4-10H2,(H,21,24,25)/t12-,13-,16?/m0/s1. The van der Waals surface area contributed by atoms with Gasteiger partial charge in [0.1, 0.15) is 6.04 Å². The molecule has 0 aliphatic carbocycles. The molecule has 0 spiro atoms. The number of piperazine rings is 1. The van der Waals surface area contributed by atoms with Gasteiger partial charge in [-0.2, -0.15) is 0 Å². The van der Waals surface area contributed by atoms with Gasteiger partial charge in [-0.05, 0) is 30.0 Å². The first-order valence-electron chi connectivity index (χ1n) is 9.33. The third-order valence-corrected chi connectivity index (χ3v) is 6.22. The van der Waals surface area contributed by atoms with Crippen molar-refractivity contribution in [3.63, 3.8) is 0 Å². The average molecular weight is 354 g/mol. The third kappa shape index (κ3) is 2.46. The lowest BCUT2D eigenvalue weighted by Gasteiger charge is -2.30. The lowest BCUT2D eigenvalue weighted by molar-refractivity contribution is -0.136. The Morgan fingerprint density at radius 1 is 1.19 bits per heavy atom. The molecular weight excluding hydrogens is 332 g/mol. The van der Waals surface area contributed by atoms with Crippen molar-refractivity contribution in [2.45, 2.75) is 50.5 Å². The maximum absolute atomic E-state index is 12.9. The van der Waals surface area contributed by atoms with Crippen LogP contribution >= 0.6 is 0 Å². The first-order chi connectivity index (χ1) is 12.6. The topological polar surface area (TPSA) is 81.8 Å². The molecule has 0 radical (unpaired) electrons. The Morgan fingerprint density at radius 3 is 2.81 bits per heavy atom. The molecular formula is C19H22N4O3. The number of imide groups is 1. The Morgan fingerprint density at radius 2 is 2.08 bits per heavy atom. The molecule has 5 rings (SSSR count). The van der Waals surface area contributed by atoms with Crippen LogP contribution in [0.3, 0.4) is 0 Å². The van der Waals surface area contributed by atoms with Gasteiger partial charge in [0.15, 0.2) is 0 Å². The highest BCUT2D eigenvalue weighted by Gasteiger charge is 2.41. The van der Waals surface area contributed by atoms with E-state index in [2.05, 4.69) is 21.6 Å². The van der Waals surface area contributed by atoms with Crippen LogP contribution in [0, 0.1) is 0 Å². The monoisotopic (exact) mass is 354 g/mol. The molecule has 3 saturated heterocycles. The number of nitrogens with zero attached hydrogens (tertiary/aromatic N) is 2. The molecule has 1 aromatic carbocycles. The second-order valence-electron chi connectivity index (χ2n) is 7.77. The second kappa shape index (κ2) is 5.89. The molecule has 3 atom stereocenters. The lowest BCUT2D eigenvalue weighted by Crippen LogP contribution is -2.52. The summed E-state index contributed by atoms with van der Waals surface area (Å²) < 4.78 is 0. The summed E-state index contributed by atoms with van der Waals surface area (Å²) in [6.07, 6.45) is 1.89. The normalized spacial score (nSPS) is 30.8. The molecule has 3 fully saturated rings. The summed E-state index contributed by atoms with van der Waals surface area (Å²) in [5, 5.41) is 5.87. The fourth-order valence-electron chi connectivity index (χ4n) is 4.86. The summed E-state index contributed by atoms with van der Waals surface area (Å²) in [4.78, 5) is 40.6. The van der Waals surface area contributed by atoms with Gasteiger partial charge in [-0.3, -0.25) is 24.6 Å². The minimum absolute atomic E-state index is 0.0963. The molecule has 1 aromatic rings. The van der Waals surface area contributed by atoms with Crippen LogP contribution in [0.2, 0.25) is 0 Å². The van der Waals surface area contributed by atoms with Crippen LogP contribution in [0.4, 0.5) is 0 Å². The summed E-state index contributed by atoms with van der Waals surface area (Å²) >= 11 is 0. The highest BCUT2D eigenvalue weighted by Crippen LogP contribution is 2.32. The van der Waals surface area contributed by atoms with Crippen LogP contribution in [0.5, 0.6) is 0 Å². The molecule has 26 heavy (non-hydrogen) atoms. The van der Waals surface area contributed by atoms with Gasteiger partial charge >= 0.3 is 0 Å². The number of amides is 3. The number of benzene rings is 1. The van der Waals surface area contributed by atoms with Gasteiger partial charge in [0, 0.05) is 50.2 Å². The lowest BCUT2D eigenvalue weighted by atomic mass is 10.0. The Kier molecular flexibility index (Phi) is 3.62. The fourth-order valence-corrected chi connectivity index (χ4v) is 4.86. The largest absolute Gasteiger partial charge is 0.322 e. The van der Waals surface area contributed by atoms with Gasteiger partial charge in [0.05, 0.1) is 0 Å². The number of fused-ring (bicyclic) bond motifs is 3. The van der Waals surface area contributed by atoms with Crippen LogP contribution in [0.1, 0.15) is 40.7 Å². The summed E-state index contributed by atoms with van der Waals surface area (Å²) in [6, 6.07) is 6.52. The highest BCUT2D eigenvalue weighted by atomic mass is 16.2. The van der Waals surface area contributed by atoms with Gasteiger partial charge in [0.2, 0.25) is 11.8 Å². The van der Waals surface area contributed by atoms with Crippen LogP contribution in [-0.4, -0.2) is 58.7 Å². The Bertz CT molecular complexity index is 808. The quantitative estimate of drug-likeness (QED) is 0.747. The van der Waals surface area contributed by atoms with E-state index in [9.17, 15) is 14.4 Å². The molecule has 0 saturated carbocycles. The van der Waals surface area contributed by atoms with Crippen LogP contribution in [0.15, 0.2) is 18.2 Å². The highest BCUT2D eigenvalue weighted by molar-refractivity contribution is 6.05. The minimum Gasteiger partial charge on any atom is -0.322 e. The van der Waals surface area contributed by atoms with Crippen molar-refractivity contribution in [2.24, 2.45) is 0 Å². The number of carbonyl (C=O) groups excluding carboxylic acids is 3. The van der Waals surface area contributed by atoms with Crippen molar-refractivity contribution in [3.8, 4) is 0 Å². The molecule has 0 aromatic heterocycles. The van der Waals surface area contributed by atoms with E-state index in [0.717, 1.165) is 25.2 Å². The number of piperidine rings is 1. The van der Waals surface area contributed by atoms with Gasteiger partial charge < -0.3 is 10.2 Å². The maximum atomic E-state index is 12.9. The number of nitrogens with one attached hydrogen (secondary N) is 2. The van der Waals surface area contributed by atoms with Crippen molar-refractivity contribution in [1.29, 1.82) is 0 Å². The number of rotatable bonds is 3. The first-order valence-corrected chi connectivity index (χ1v) is 9.33. The van der Waals surface area contributed by atoms with E-state index in [0.29, 0.717) is 30.6 Å². The van der Waals surface area contributed by atoms with E-state index in [1.807, 2.05) is 12.1 Å². The summed E-state index contributed by atoms with van der Waals surface area (Å²) in [6.45, 7) is 3.40. The van der Waals surface area contributed by atoms with Crippen molar-refractivity contribution < 1.29 is 14.4 Å². The zero-order chi connectivity index (χ0) is 17.8. The smallest absolute Gasteiger partial charge is 0.255 e. The first kappa shape index (κ1) is 16.0. The average Bonchev–Trinajstić information content (AvgIpc) is 3.31. The van der Waals surface area contributed by atoms with E-state index in [1.165, 1.54) is 12.0 Å². The molecule has 2 bridgehead atoms. The van der Waals surface area contributed by atoms with Crippen molar-refractivity contribution in [2.75, 3.05) is 13.1 Å². The van der Waals surface area contributed by atoms with E-state index < -0.39 is 6.04 Å². The van der Waals surface area contributed by atoms with Crippen LogP contribution in [-0.2, 0) is 22.7 Å². The molecule has 4 heterocycles. The number of carbonyl (C=O) groups is 3. The fraction of sp³-hybridized carbons (Fsp3) is 0.526. The van der Waals surface area contributed by atoms with E-state index in [4.69, 9.17) is 0 Å². The third-order valence-electron chi connectivity index (χ3n) is 6.22. The minimum atomic E-state index is -0.549. The molecule has 1 unspecified atom stereocenters. The van der Waals surface area contributed by atoms with Crippen molar-refractivity contribution in [3.05, 3.63) is 34.9 Å². The van der Waals surface area contributed by atoms with E-state index in [1.54, 1.807) is 4.90 Å². The Hall–Kier alpha value is -2.25. The predicted molar refractivity (Wildman–Crippen MR) is 93.1 cm³/mol. The van der Waals surface area contributed by atoms with Gasteiger partial charge in [-0.15, -0.1) is 0 Å². The number of hydrogen-bond acceptors (Lipinski definition) is 5. The summed E-state index contributed by atoms with van der Waals surface area (Å²) in [7, 11) is 0. The maximum Gasteiger partial charge on any atom is 0.255 e. The van der Waals surface area contributed by atoms with Crippen molar-refractivity contribution >= 4 is 17.7 Å². The van der Waals surface area contributed by atoms with Gasteiger partial charge in [-0.25, -0.2) is 0 Å². The van der Waals surface area contributed by atoms with E-state index in [-0.39, 0.29) is 24.1 Å². The number of likely N-dealkylation sites (tertiary alicyclic amines) is 1. The Balaban J connectivity index is 1.38. The molecule has 3 amide bonds. The SMILES string of the molecule is O=C1CCC(N2Cc3c(CN4C[C@@H]5C[C@H]4CN5)cccc3C2=O)C(=O)N1. The van der Waals surface area contributed by atoms with E-state index >= 15 is 0 Å². The zero-order valence-electron chi connectivity index (χ0n) is 14.5.